The number of aromatic amines is 1. The van der Waals surface area contributed by atoms with Crippen molar-refractivity contribution in [2.45, 2.75) is 74.5 Å². The molecule has 2 aromatic rings. The van der Waals surface area contributed by atoms with Gasteiger partial charge in [-0.2, -0.15) is 9.40 Å². The molecule has 2 aromatic heterocycles. The molecule has 1 aliphatic carbocycles. The summed E-state index contributed by atoms with van der Waals surface area (Å²) in [4.78, 5) is 43.3. The van der Waals surface area contributed by atoms with Gasteiger partial charge in [-0.3, -0.25) is 14.7 Å². The third kappa shape index (κ3) is 6.96. The molecule has 1 unspecified atom stereocenters. The first-order valence-electron chi connectivity index (χ1n) is 14.6. The molecule has 0 bridgehead atoms. The van der Waals surface area contributed by atoms with Crippen LogP contribution in [0.15, 0.2) is 34.8 Å². The Morgan fingerprint density at radius 1 is 1.10 bits per heavy atom. The van der Waals surface area contributed by atoms with Crippen molar-refractivity contribution in [3.63, 3.8) is 0 Å². The highest BCUT2D eigenvalue weighted by molar-refractivity contribution is 7.89. The summed E-state index contributed by atoms with van der Waals surface area (Å²) in [6.07, 6.45) is 7.71. The third-order valence-corrected chi connectivity index (χ3v) is 11.4. The first-order valence-corrected chi connectivity index (χ1v) is 16.9. The van der Waals surface area contributed by atoms with Crippen LogP contribution in [-0.2, 0) is 26.2 Å². The predicted molar refractivity (Wildman–Crippen MR) is 155 cm³/mol. The van der Waals surface area contributed by atoms with Gasteiger partial charge in [-0.1, -0.05) is 25.3 Å². The summed E-state index contributed by atoms with van der Waals surface area (Å²) in [6.45, 7) is 0.966. The van der Waals surface area contributed by atoms with Crippen molar-refractivity contribution in [2.75, 3.05) is 32.7 Å². The zero-order valence-corrected chi connectivity index (χ0v) is 25.1. The summed E-state index contributed by atoms with van der Waals surface area (Å²) < 4.78 is 27.5. The van der Waals surface area contributed by atoms with Gasteiger partial charge < -0.3 is 25.5 Å². The second-order valence-electron chi connectivity index (χ2n) is 11.2. The summed E-state index contributed by atoms with van der Waals surface area (Å²) in [7, 11) is -3.68. The van der Waals surface area contributed by atoms with Gasteiger partial charge in [0.25, 0.3) is 0 Å². The number of hydrogen-bond donors (Lipinski definition) is 4. The van der Waals surface area contributed by atoms with Crippen molar-refractivity contribution >= 4 is 39.3 Å². The van der Waals surface area contributed by atoms with E-state index in [0.29, 0.717) is 19.4 Å². The van der Waals surface area contributed by atoms with Crippen LogP contribution in [0.25, 0.3) is 0 Å². The number of H-pyrrole nitrogens is 1. The topological polar surface area (TPSA) is 168 Å². The average Bonchev–Trinajstić information content (AvgIpc) is 3.74. The van der Waals surface area contributed by atoms with Gasteiger partial charge in [-0.05, 0) is 43.0 Å². The molecule has 2 saturated heterocycles. The van der Waals surface area contributed by atoms with Crippen molar-refractivity contribution in [2.24, 2.45) is 5.92 Å². The fraction of sp³-hybridized carbons (Fsp3) is 0.630. The monoisotopic (exact) mass is 621 g/mol. The van der Waals surface area contributed by atoms with Crippen LogP contribution in [-0.4, -0.2) is 107 Å². The van der Waals surface area contributed by atoms with Gasteiger partial charge in [-0.25, -0.2) is 13.2 Å². The highest BCUT2D eigenvalue weighted by Gasteiger charge is 2.43. The van der Waals surface area contributed by atoms with E-state index in [-0.39, 0.29) is 61.4 Å². The first-order chi connectivity index (χ1) is 20.2. The number of aromatic nitrogens is 2. The van der Waals surface area contributed by atoms with Gasteiger partial charge in [0.1, 0.15) is 10.9 Å². The summed E-state index contributed by atoms with van der Waals surface area (Å²) in [5.41, 5.74) is 0. The van der Waals surface area contributed by atoms with Crippen LogP contribution in [0, 0.1) is 5.92 Å². The normalized spacial score (nSPS) is 22.1. The number of sulfonamides is 1. The van der Waals surface area contributed by atoms with Crippen LogP contribution in [0.3, 0.4) is 0 Å². The molecule has 15 heteroatoms. The second-order valence-corrected chi connectivity index (χ2v) is 14.2. The van der Waals surface area contributed by atoms with E-state index in [1.807, 2.05) is 17.5 Å². The van der Waals surface area contributed by atoms with E-state index >= 15 is 0 Å². The number of amides is 3. The number of carbonyl (C=O) groups excluding carboxylic acids is 2. The molecule has 4 heterocycles. The van der Waals surface area contributed by atoms with Crippen LogP contribution < -0.4 is 10.6 Å². The molecule has 1 saturated carbocycles. The lowest BCUT2D eigenvalue weighted by atomic mass is 9.86. The van der Waals surface area contributed by atoms with Crippen molar-refractivity contribution in [3.05, 3.63) is 34.8 Å². The Labute approximate surface area is 249 Å². The Kier molecular flexibility index (Phi) is 9.81. The minimum Gasteiger partial charge on any atom is -0.465 e. The number of rotatable bonds is 9. The molecule has 0 aromatic carbocycles. The van der Waals surface area contributed by atoms with E-state index in [9.17, 15) is 27.9 Å². The van der Waals surface area contributed by atoms with E-state index in [1.165, 1.54) is 37.8 Å². The van der Waals surface area contributed by atoms with E-state index in [2.05, 4.69) is 20.8 Å². The molecule has 3 amide bonds. The van der Waals surface area contributed by atoms with E-state index < -0.39 is 28.2 Å². The van der Waals surface area contributed by atoms with Gasteiger partial charge in [0, 0.05) is 43.3 Å². The number of carbonyl (C=O) groups is 3. The van der Waals surface area contributed by atoms with Crippen molar-refractivity contribution in [1.29, 1.82) is 0 Å². The SMILES string of the molecule is O=C(NCc1cccs1)[C@@H]1CN(C(=O)O)CCN1C(=O)C(NC1CCCCC1)C1CCN(S(=O)(=O)c2cn[nH]c2)CC1. The minimum absolute atomic E-state index is 0.102. The fourth-order valence-corrected chi connectivity index (χ4v) is 8.26. The van der Waals surface area contributed by atoms with Crippen molar-refractivity contribution in [3.8, 4) is 0 Å². The number of nitrogens with one attached hydrogen (secondary N) is 3. The van der Waals surface area contributed by atoms with Gasteiger partial charge in [-0.15, -0.1) is 11.3 Å². The Morgan fingerprint density at radius 2 is 1.86 bits per heavy atom. The Balaban J connectivity index is 1.33. The molecule has 3 aliphatic rings. The fourth-order valence-electron chi connectivity index (χ4n) is 6.24. The summed E-state index contributed by atoms with van der Waals surface area (Å²) in [5, 5.41) is 24.4. The number of hydrogen-bond acceptors (Lipinski definition) is 8. The maximum atomic E-state index is 14.3. The van der Waals surface area contributed by atoms with Crippen LogP contribution in [0.2, 0.25) is 0 Å². The smallest absolute Gasteiger partial charge is 0.407 e. The number of nitrogens with zero attached hydrogens (tertiary/aromatic N) is 4. The minimum atomic E-state index is -3.68. The van der Waals surface area contributed by atoms with E-state index in [4.69, 9.17) is 0 Å². The predicted octanol–water partition coefficient (Wildman–Crippen LogP) is 1.67. The molecule has 3 fully saturated rings. The molecule has 42 heavy (non-hydrogen) atoms. The zero-order valence-electron chi connectivity index (χ0n) is 23.5. The molecule has 2 atom stereocenters. The van der Waals surface area contributed by atoms with Crippen LogP contribution in [0.4, 0.5) is 4.79 Å². The average molecular weight is 622 g/mol. The maximum absolute atomic E-state index is 14.3. The first kappa shape index (κ1) is 30.4. The summed E-state index contributed by atoms with van der Waals surface area (Å²) in [5.74, 6) is -0.749. The molecular weight excluding hydrogens is 582 g/mol. The number of thiophene rings is 1. The lowest BCUT2D eigenvalue weighted by Crippen LogP contribution is -2.65. The molecule has 230 valence electrons. The summed E-state index contributed by atoms with van der Waals surface area (Å²) >= 11 is 1.51. The lowest BCUT2D eigenvalue weighted by molar-refractivity contribution is -0.146. The third-order valence-electron chi connectivity index (χ3n) is 8.62. The zero-order chi connectivity index (χ0) is 29.7. The highest BCUT2D eigenvalue weighted by Crippen LogP contribution is 2.29. The summed E-state index contributed by atoms with van der Waals surface area (Å²) in [6, 6.07) is 2.39. The van der Waals surface area contributed by atoms with Gasteiger partial charge in [0.2, 0.25) is 21.8 Å². The van der Waals surface area contributed by atoms with Gasteiger partial charge >= 0.3 is 6.09 Å². The van der Waals surface area contributed by atoms with Gasteiger partial charge in [0.15, 0.2) is 0 Å². The van der Waals surface area contributed by atoms with Crippen molar-refractivity contribution in [1.82, 2.24) is 34.9 Å². The van der Waals surface area contributed by atoms with Crippen molar-refractivity contribution < 1.29 is 27.9 Å². The lowest BCUT2D eigenvalue weighted by Gasteiger charge is -2.44. The molecular formula is C27H39N7O6S2. The van der Waals surface area contributed by atoms with Crippen LogP contribution in [0.5, 0.6) is 0 Å². The van der Waals surface area contributed by atoms with Gasteiger partial charge in [0.05, 0.1) is 25.3 Å². The Bertz CT molecular complexity index is 1310. The molecule has 0 spiro atoms. The molecule has 4 N–H and O–H groups in total. The Morgan fingerprint density at radius 3 is 2.50 bits per heavy atom. The van der Waals surface area contributed by atoms with Crippen LogP contribution in [0.1, 0.15) is 49.8 Å². The maximum Gasteiger partial charge on any atom is 0.407 e. The Hall–Kier alpha value is -3.01. The number of carboxylic acid groups (broad SMARTS) is 1. The van der Waals surface area contributed by atoms with Crippen LogP contribution >= 0.6 is 11.3 Å². The van der Waals surface area contributed by atoms with E-state index in [1.54, 1.807) is 0 Å². The molecule has 0 radical (unpaired) electrons. The van der Waals surface area contributed by atoms with E-state index in [0.717, 1.165) is 37.0 Å². The molecule has 2 aliphatic heterocycles. The largest absolute Gasteiger partial charge is 0.465 e. The number of piperazine rings is 1. The second kappa shape index (κ2) is 13.5. The molecule has 13 nitrogen and oxygen atoms in total. The quantitative estimate of drug-likeness (QED) is 0.328. The highest BCUT2D eigenvalue weighted by atomic mass is 32.2. The number of piperidine rings is 1. The molecule has 5 rings (SSSR count). The standard InChI is InChI=1S/C27H39N7O6S2/c35-25(28-15-21-7-4-14-41-21)23-18-32(27(37)38)12-13-34(23)26(36)24(31-20-5-2-1-3-6-20)19-8-10-33(11-9-19)42(39,40)22-16-29-30-17-22/h4,7,14,16-17,19-20,23-24,31H,1-3,5-6,8-13,15,18H2,(H,28,35)(H,29,30)(H,37,38)/t23-,24?/m0/s1.